The molecule has 4 heteroatoms. The first-order valence-corrected chi connectivity index (χ1v) is 6.89. The Morgan fingerprint density at radius 2 is 1.89 bits per heavy atom. The van der Waals surface area contributed by atoms with Gasteiger partial charge in [-0.1, -0.05) is 13.8 Å². The van der Waals surface area contributed by atoms with E-state index in [0.717, 1.165) is 45.8 Å². The van der Waals surface area contributed by atoms with Gasteiger partial charge in [0.2, 0.25) is 0 Å². The third-order valence-electron chi connectivity index (χ3n) is 3.20. The second-order valence-corrected chi connectivity index (χ2v) is 4.65. The van der Waals surface area contributed by atoms with E-state index in [9.17, 15) is 0 Å². The van der Waals surface area contributed by atoms with E-state index < -0.39 is 0 Å². The number of furan rings is 1. The van der Waals surface area contributed by atoms with Crippen molar-refractivity contribution in [2.75, 3.05) is 46.3 Å². The van der Waals surface area contributed by atoms with Gasteiger partial charge in [-0.3, -0.25) is 0 Å². The van der Waals surface area contributed by atoms with Crippen LogP contribution in [0.5, 0.6) is 0 Å². The molecule has 1 N–H and O–H groups in total. The molecule has 104 valence electrons. The minimum Gasteiger partial charge on any atom is -0.472 e. The van der Waals surface area contributed by atoms with E-state index in [0.29, 0.717) is 0 Å². The maximum atomic E-state index is 5.06. The van der Waals surface area contributed by atoms with Crippen LogP contribution in [0.25, 0.3) is 0 Å². The average molecular weight is 253 g/mol. The van der Waals surface area contributed by atoms with Crippen molar-refractivity contribution < 1.29 is 4.42 Å². The second kappa shape index (κ2) is 9.14. The third-order valence-corrected chi connectivity index (χ3v) is 3.20. The normalized spacial score (nSPS) is 11.6. The molecule has 0 aliphatic carbocycles. The predicted octanol–water partition coefficient (Wildman–Crippen LogP) is 1.64. The van der Waals surface area contributed by atoms with Crippen molar-refractivity contribution in [3.8, 4) is 0 Å². The predicted molar refractivity (Wildman–Crippen MR) is 75.7 cm³/mol. The van der Waals surface area contributed by atoms with Crippen molar-refractivity contribution in [2.24, 2.45) is 0 Å². The van der Waals surface area contributed by atoms with Crippen LogP contribution in [0.3, 0.4) is 0 Å². The van der Waals surface area contributed by atoms with Crippen LogP contribution in [0.1, 0.15) is 19.4 Å². The minimum absolute atomic E-state index is 0.953. The summed E-state index contributed by atoms with van der Waals surface area (Å²) >= 11 is 0. The zero-order valence-corrected chi connectivity index (χ0v) is 12.0. The smallest absolute Gasteiger partial charge is 0.0947 e. The van der Waals surface area contributed by atoms with Crippen LogP contribution < -0.4 is 5.32 Å². The fraction of sp³-hybridized carbons (Fsp3) is 0.714. The van der Waals surface area contributed by atoms with E-state index in [-0.39, 0.29) is 0 Å². The largest absolute Gasteiger partial charge is 0.472 e. The lowest BCUT2D eigenvalue weighted by atomic mass is 10.3. The number of hydrogen-bond acceptors (Lipinski definition) is 4. The van der Waals surface area contributed by atoms with Gasteiger partial charge in [0.1, 0.15) is 0 Å². The summed E-state index contributed by atoms with van der Waals surface area (Å²) in [6, 6.07) is 2.02. The van der Waals surface area contributed by atoms with Gasteiger partial charge in [0, 0.05) is 38.3 Å². The lowest BCUT2D eigenvalue weighted by Crippen LogP contribution is -2.35. The second-order valence-electron chi connectivity index (χ2n) is 4.65. The van der Waals surface area contributed by atoms with Crippen LogP contribution >= 0.6 is 0 Å². The highest BCUT2D eigenvalue weighted by atomic mass is 16.3. The third kappa shape index (κ3) is 6.19. The molecule has 0 atom stereocenters. The molecule has 0 unspecified atom stereocenters. The van der Waals surface area contributed by atoms with E-state index >= 15 is 0 Å². The fourth-order valence-corrected chi connectivity index (χ4v) is 1.95. The van der Waals surface area contributed by atoms with Crippen LogP contribution in [0.15, 0.2) is 23.0 Å². The standard InChI is InChI=1S/C14H27N3O/c1-4-17(5-2)10-8-15-7-9-16(3)12-14-6-11-18-13-14/h6,11,13,15H,4-5,7-10,12H2,1-3H3. The zero-order chi connectivity index (χ0) is 13.2. The van der Waals surface area contributed by atoms with Crippen molar-refractivity contribution in [1.29, 1.82) is 0 Å². The molecule has 1 aromatic heterocycles. The summed E-state index contributed by atoms with van der Waals surface area (Å²) in [4.78, 5) is 4.73. The van der Waals surface area contributed by atoms with Crippen LogP contribution in [0.2, 0.25) is 0 Å². The molecule has 0 aliphatic heterocycles. The van der Waals surface area contributed by atoms with Gasteiger partial charge in [0.25, 0.3) is 0 Å². The molecule has 18 heavy (non-hydrogen) atoms. The maximum absolute atomic E-state index is 5.06. The van der Waals surface area contributed by atoms with Gasteiger partial charge in [-0.2, -0.15) is 0 Å². The summed E-state index contributed by atoms with van der Waals surface area (Å²) < 4.78 is 5.06. The molecule has 1 rings (SSSR count). The Kier molecular flexibility index (Phi) is 7.73. The van der Waals surface area contributed by atoms with Gasteiger partial charge >= 0.3 is 0 Å². The highest BCUT2D eigenvalue weighted by Crippen LogP contribution is 2.02. The molecule has 1 aromatic rings. The number of hydrogen-bond donors (Lipinski definition) is 1. The van der Waals surface area contributed by atoms with Crippen molar-refractivity contribution in [3.63, 3.8) is 0 Å². The van der Waals surface area contributed by atoms with Crippen molar-refractivity contribution in [3.05, 3.63) is 24.2 Å². The molecular weight excluding hydrogens is 226 g/mol. The summed E-state index contributed by atoms with van der Waals surface area (Å²) in [5, 5.41) is 3.49. The van der Waals surface area contributed by atoms with E-state index in [1.54, 1.807) is 6.26 Å². The lowest BCUT2D eigenvalue weighted by molar-refractivity contribution is 0.290. The topological polar surface area (TPSA) is 31.6 Å². The Labute approximate surface area is 111 Å². The van der Waals surface area contributed by atoms with Gasteiger partial charge in [0.15, 0.2) is 0 Å². The number of nitrogens with one attached hydrogen (secondary N) is 1. The van der Waals surface area contributed by atoms with Gasteiger partial charge < -0.3 is 19.5 Å². The molecule has 1 heterocycles. The Hall–Kier alpha value is -0.840. The lowest BCUT2D eigenvalue weighted by Gasteiger charge is -2.19. The Balaban J connectivity index is 2.00. The maximum Gasteiger partial charge on any atom is 0.0947 e. The summed E-state index contributed by atoms with van der Waals surface area (Å²) in [6.45, 7) is 12.0. The number of nitrogens with zero attached hydrogens (tertiary/aromatic N) is 2. The van der Waals surface area contributed by atoms with E-state index in [1.807, 2.05) is 12.3 Å². The molecule has 0 spiro atoms. The van der Waals surface area contributed by atoms with Crippen molar-refractivity contribution >= 4 is 0 Å². The summed E-state index contributed by atoms with van der Waals surface area (Å²) in [5.41, 5.74) is 1.24. The molecule has 0 aromatic carbocycles. The fourth-order valence-electron chi connectivity index (χ4n) is 1.95. The van der Waals surface area contributed by atoms with Crippen molar-refractivity contribution in [1.82, 2.24) is 15.1 Å². The van der Waals surface area contributed by atoms with Gasteiger partial charge in [0.05, 0.1) is 12.5 Å². The van der Waals surface area contributed by atoms with Crippen molar-refractivity contribution in [2.45, 2.75) is 20.4 Å². The average Bonchev–Trinajstić information content (AvgIpc) is 2.86. The van der Waals surface area contributed by atoms with Gasteiger partial charge in [-0.15, -0.1) is 0 Å². The van der Waals surface area contributed by atoms with Crippen LogP contribution in [-0.4, -0.2) is 56.1 Å². The highest BCUT2D eigenvalue weighted by Gasteiger charge is 2.01. The molecule has 0 bridgehead atoms. The molecule has 0 amide bonds. The molecule has 0 saturated heterocycles. The molecular formula is C14H27N3O. The number of likely N-dealkylation sites (N-methyl/N-ethyl adjacent to an activating group) is 2. The quantitative estimate of drug-likeness (QED) is 0.642. The Morgan fingerprint density at radius 3 is 2.50 bits per heavy atom. The summed E-state index contributed by atoms with van der Waals surface area (Å²) in [5.74, 6) is 0. The van der Waals surface area contributed by atoms with Crippen LogP contribution in [-0.2, 0) is 6.54 Å². The molecule has 0 fully saturated rings. The number of rotatable bonds is 10. The van der Waals surface area contributed by atoms with Gasteiger partial charge in [-0.05, 0) is 26.2 Å². The first-order valence-electron chi connectivity index (χ1n) is 6.89. The first kappa shape index (κ1) is 15.2. The Morgan fingerprint density at radius 1 is 1.17 bits per heavy atom. The summed E-state index contributed by atoms with van der Waals surface area (Å²) in [7, 11) is 2.14. The van der Waals surface area contributed by atoms with E-state index in [2.05, 4.69) is 36.0 Å². The molecule has 0 aliphatic rings. The SMILES string of the molecule is CCN(CC)CCNCCN(C)Cc1ccoc1. The monoisotopic (exact) mass is 253 g/mol. The van der Waals surface area contributed by atoms with Crippen LogP contribution in [0.4, 0.5) is 0 Å². The minimum atomic E-state index is 0.953. The zero-order valence-electron chi connectivity index (χ0n) is 12.0. The Bertz CT molecular complexity index is 283. The molecule has 4 nitrogen and oxygen atoms in total. The van der Waals surface area contributed by atoms with Crippen LogP contribution in [0, 0.1) is 0 Å². The molecule has 0 radical (unpaired) electrons. The van der Waals surface area contributed by atoms with Gasteiger partial charge in [-0.25, -0.2) is 0 Å². The summed E-state index contributed by atoms with van der Waals surface area (Å²) in [6.07, 6.45) is 3.54. The first-order chi connectivity index (χ1) is 8.76. The van der Waals surface area contributed by atoms with E-state index in [4.69, 9.17) is 4.42 Å². The highest BCUT2D eigenvalue weighted by molar-refractivity contribution is 5.04. The van der Waals surface area contributed by atoms with E-state index in [1.165, 1.54) is 5.56 Å². The molecule has 0 saturated carbocycles.